The maximum absolute atomic E-state index is 12.1. The van der Waals surface area contributed by atoms with E-state index in [1.165, 1.54) is 0 Å². The minimum atomic E-state index is -0.431. The van der Waals surface area contributed by atoms with Gasteiger partial charge in [0.2, 0.25) is 5.95 Å². The molecular weight excluding hydrogens is 369 g/mol. The number of carbonyl (C=O) groups excluding carboxylic acids is 1. The number of rotatable bonds is 3. The highest BCUT2D eigenvalue weighted by molar-refractivity contribution is 14.1. The second-order valence-electron chi connectivity index (χ2n) is 4.09. The second kappa shape index (κ2) is 6.17. The molecule has 0 aliphatic heterocycles. The van der Waals surface area contributed by atoms with Crippen molar-refractivity contribution in [3.05, 3.63) is 39.1 Å². The summed E-state index contributed by atoms with van der Waals surface area (Å²) in [5.41, 5.74) is 7.95. The number of benzene rings is 1. The molecule has 0 aliphatic rings. The van der Waals surface area contributed by atoms with Gasteiger partial charge in [-0.3, -0.25) is 0 Å². The number of esters is 1. The monoisotopic (exact) mass is 383 g/mol. The van der Waals surface area contributed by atoms with E-state index in [-0.39, 0.29) is 5.95 Å². The summed E-state index contributed by atoms with van der Waals surface area (Å²) in [5, 5.41) is 0. The Morgan fingerprint density at radius 1 is 1.35 bits per heavy atom. The number of aromatic nitrogens is 2. The smallest absolute Gasteiger partial charge is 0.342 e. The molecule has 2 rings (SSSR count). The molecule has 2 aromatic rings. The highest BCUT2D eigenvalue weighted by atomic mass is 127. The number of nitrogens with two attached hydrogens (primary N) is 1. The Labute approximate surface area is 130 Å². The van der Waals surface area contributed by atoms with Gasteiger partial charge in [0, 0.05) is 9.13 Å². The highest BCUT2D eigenvalue weighted by Gasteiger charge is 2.21. The average Bonchev–Trinajstić information content (AvgIpc) is 2.38. The Bertz CT molecular complexity index is 659. The zero-order chi connectivity index (χ0) is 14.7. The fourth-order valence-electron chi connectivity index (χ4n) is 1.89. The number of anilines is 1. The van der Waals surface area contributed by atoms with Crippen LogP contribution < -0.4 is 5.73 Å². The van der Waals surface area contributed by atoms with Gasteiger partial charge in [0.1, 0.15) is 5.56 Å². The van der Waals surface area contributed by atoms with Crippen LogP contribution >= 0.6 is 22.6 Å². The summed E-state index contributed by atoms with van der Waals surface area (Å²) < 4.78 is 6.07. The van der Waals surface area contributed by atoms with Crippen LogP contribution in [0, 0.1) is 10.5 Å². The van der Waals surface area contributed by atoms with Crippen LogP contribution in [0.3, 0.4) is 0 Å². The minimum absolute atomic E-state index is 0.144. The first kappa shape index (κ1) is 14.7. The average molecular weight is 383 g/mol. The topological polar surface area (TPSA) is 78.1 Å². The number of halogens is 1. The van der Waals surface area contributed by atoms with Crippen LogP contribution in [0.2, 0.25) is 0 Å². The molecule has 1 heterocycles. The molecule has 1 aromatic carbocycles. The molecule has 0 spiro atoms. The van der Waals surface area contributed by atoms with Crippen LogP contribution in [0.25, 0.3) is 11.3 Å². The zero-order valence-corrected chi connectivity index (χ0v) is 13.3. The normalized spacial score (nSPS) is 10.3. The SMILES string of the molecule is CCOC(=O)c1c(C)nc(N)nc1-c1ccccc1I. The lowest BCUT2D eigenvalue weighted by Gasteiger charge is -2.12. The van der Waals surface area contributed by atoms with E-state index in [4.69, 9.17) is 10.5 Å². The van der Waals surface area contributed by atoms with Gasteiger partial charge >= 0.3 is 5.97 Å². The molecule has 0 amide bonds. The molecule has 0 aliphatic carbocycles. The molecule has 0 unspecified atom stereocenters. The molecule has 104 valence electrons. The summed E-state index contributed by atoms with van der Waals surface area (Å²) in [6, 6.07) is 7.65. The summed E-state index contributed by atoms with van der Waals surface area (Å²) in [6.07, 6.45) is 0. The van der Waals surface area contributed by atoms with Crippen LogP contribution in [0.15, 0.2) is 24.3 Å². The molecule has 0 atom stereocenters. The van der Waals surface area contributed by atoms with E-state index in [0.717, 1.165) is 9.13 Å². The Kier molecular flexibility index (Phi) is 4.53. The Hall–Kier alpha value is -1.70. The number of hydrogen-bond donors (Lipinski definition) is 1. The van der Waals surface area contributed by atoms with Crippen molar-refractivity contribution in [1.29, 1.82) is 0 Å². The Balaban J connectivity index is 2.68. The van der Waals surface area contributed by atoms with Gasteiger partial charge in [0.05, 0.1) is 18.0 Å². The molecule has 0 fully saturated rings. The van der Waals surface area contributed by atoms with E-state index >= 15 is 0 Å². The maximum Gasteiger partial charge on any atom is 0.342 e. The summed E-state index contributed by atoms with van der Waals surface area (Å²) >= 11 is 2.20. The van der Waals surface area contributed by atoms with Crippen molar-refractivity contribution in [2.75, 3.05) is 12.3 Å². The molecule has 20 heavy (non-hydrogen) atoms. The number of nitrogen functional groups attached to an aromatic ring is 1. The molecular formula is C14H14IN3O2. The van der Waals surface area contributed by atoms with Crippen molar-refractivity contribution in [3.63, 3.8) is 0 Å². The van der Waals surface area contributed by atoms with E-state index in [0.29, 0.717) is 23.6 Å². The van der Waals surface area contributed by atoms with E-state index < -0.39 is 5.97 Å². The number of ether oxygens (including phenoxy) is 1. The van der Waals surface area contributed by atoms with E-state index in [9.17, 15) is 4.79 Å². The number of carbonyl (C=O) groups is 1. The van der Waals surface area contributed by atoms with Crippen molar-refractivity contribution in [1.82, 2.24) is 9.97 Å². The molecule has 6 heteroatoms. The van der Waals surface area contributed by atoms with Crippen LogP contribution in [0.5, 0.6) is 0 Å². The first-order chi connectivity index (χ1) is 9.54. The van der Waals surface area contributed by atoms with Crippen LogP contribution in [0.4, 0.5) is 5.95 Å². The molecule has 0 radical (unpaired) electrons. The van der Waals surface area contributed by atoms with Gasteiger partial charge in [-0.15, -0.1) is 0 Å². The molecule has 0 saturated heterocycles. The molecule has 0 saturated carbocycles. The molecule has 5 nitrogen and oxygen atoms in total. The van der Waals surface area contributed by atoms with Crippen molar-refractivity contribution in [2.45, 2.75) is 13.8 Å². The lowest BCUT2D eigenvalue weighted by Crippen LogP contribution is -2.13. The standard InChI is InChI=1S/C14H14IN3O2/c1-3-20-13(19)11-8(2)17-14(16)18-12(11)9-6-4-5-7-10(9)15/h4-7H,3H2,1-2H3,(H2,16,17,18). The van der Waals surface area contributed by atoms with Crippen molar-refractivity contribution in [2.24, 2.45) is 0 Å². The van der Waals surface area contributed by atoms with E-state index in [2.05, 4.69) is 32.6 Å². The van der Waals surface area contributed by atoms with Gasteiger partial charge in [-0.1, -0.05) is 18.2 Å². The summed E-state index contributed by atoms with van der Waals surface area (Å²) in [4.78, 5) is 20.4. The summed E-state index contributed by atoms with van der Waals surface area (Å²) in [5.74, 6) is -0.287. The number of aryl methyl sites for hydroxylation is 1. The third-order valence-electron chi connectivity index (χ3n) is 2.72. The first-order valence-corrected chi connectivity index (χ1v) is 7.18. The molecule has 0 bridgehead atoms. The maximum atomic E-state index is 12.1. The largest absolute Gasteiger partial charge is 0.462 e. The predicted octanol–water partition coefficient (Wildman–Crippen LogP) is 2.82. The van der Waals surface area contributed by atoms with Crippen molar-refractivity contribution < 1.29 is 9.53 Å². The first-order valence-electron chi connectivity index (χ1n) is 6.10. The van der Waals surface area contributed by atoms with Gasteiger partial charge in [0.25, 0.3) is 0 Å². The van der Waals surface area contributed by atoms with Gasteiger partial charge in [0.15, 0.2) is 0 Å². The van der Waals surface area contributed by atoms with Crippen LogP contribution in [-0.4, -0.2) is 22.5 Å². The number of hydrogen-bond acceptors (Lipinski definition) is 5. The zero-order valence-electron chi connectivity index (χ0n) is 11.2. The fourth-order valence-corrected chi connectivity index (χ4v) is 2.53. The summed E-state index contributed by atoms with van der Waals surface area (Å²) in [7, 11) is 0. The predicted molar refractivity (Wildman–Crippen MR) is 85.3 cm³/mol. The number of nitrogens with zero attached hydrogens (tertiary/aromatic N) is 2. The molecule has 2 N–H and O–H groups in total. The Morgan fingerprint density at radius 2 is 2.05 bits per heavy atom. The molecule has 1 aromatic heterocycles. The van der Waals surface area contributed by atoms with Gasteiger partial charge in [-0.05, 0) is 42.5 Å². The van der Waals surface area contributed by atoms with Crippen molar-refractivity contribution in [3.8, 4) is 11.3 Å². The third kappa shape index (κ3) is 2.90. The lowest BCUT2D eigenvalue weighted by atomic mass is 10.0. The third-order valence-corrected chi connectivity index (χ3v) is 3.66. The van der Waals surface area contributed by atoms with Gasteiger partial charge < -0.3 is 10.5 Å². The van der Waals surface area contributed by atoms with Crippen LogP contribution in [-0.2, 0) is 4.74 Å². The van der Waals surface area contributed by atoms with E-state index in [1.54, 1.807) is 13.8 Å². The van der Waals surface area contributed by atoms with Crippen molar-refractivity contribution >= 4 is 34.5 Å². The second-order valence-corrected chi connectivity index (χ2v) is 5.25. The highest BCUT2D eigenvalue weighted by Crippen LogP contribution is 2.28. The van der Waals surface area contributed by atoms with E-state index in [1.807, 2.05) is 24.3 Å². The Morgan fingerprint density at radius 3 is 2.70 bits per heavy atom. The summed E-state index contributed by atoms with van der Waals surface area (Å²) in [6.45, 7) is 3.79. The van der Waals surface area contributed by atoms with Crippen LogP contribution in [0.1, 0.15) is 23.0 Å². The minimum Gasteiger partial charge on any atom is -0.462 e. The lowest BCUT2D eigenvalue weighted by molar-refractivity contribution is 0.0525. The van der Waals surface area contributed by atoms with Gasteiger partial charge in [-0.2, -0.15) is 0 Å². The fraction of sp³-hybridized carbons (Fsp3) is 0.214. The quantitative estimate of drug-likeness (QED) is 0.652. The van der Waals surface area contributed by atoms with Gasteiger partial charge in [-0.25, -0.2) is 14.8 Å².